The number of fused-ring (bicyclic) bond motifs is 2. The van der Waals surface area contributed by atoms with Gasteiger partial charge in [0.25, 0.3) is 0 Å². The number of aliphatic hydroxyl groups excluding tert-OH is 1. The molecule has 2 aliphatic rings. The second-order valence-corrected chi connectivity index (χ2v) is 15.6. The Balaban J connectivity index is 1.57. The minimum atomic E-state index is -1.19. The van der Waals surface area contributed by atoms with Gasteiger partial charge in [-0.25, -0.2) is 4.98 Å². The third-order valence-corrected chi connectivity index (χ3v) is 8.19. The van der Waals surface area contributed by atoms with E-state index in [1.165, 1.54) is 0 Å². The molecular weight excluding hydrogens is 529 g/mol. The van der Waals surface area contributed by atoms with Gasteiger partial charge in [0.15, 0.2) is 11.8 Å². The lowest BCUT2D eigenvalue weighted by Gasteiger charge is -2.19. The molecule has 2 saturated heterocycles. The number of pyridine rings is 1. The smallest absolute Gasteiger partial charge is 0.301 e. The molecule has 2 aromatic rings. The van der Waals surface area contributed by atoms with Crippen LogP contribution in [0.15, 0.2) is 6.07 Å². The van der Waals surface area contributed by atoms with Crippen LogP contribution in [-0.2, 0) is 20.9 Å². The van der Waals surface area contributed by atoms with E-state index >= 15 is 0 Å². The van der Waals surface area contributed by atoms with Crippen molar-refractivity contribution in [2.24, 2.45) is 0 Å². The molecule has 0 aromatic carbocycles. The fourth-order valence-electron chi connectivity index (χ4n) is 3.40. The molecule has 2 aromatic heterocycles. The predicted octanol–water partition coefficient (Wildman–Crippen LogP) is 2.91. The van der Waals surface area contributed by atoms with Crippen molar-refractivity contribution in [2.45, 2.75) is 56.8 Å². The van der Waals surface area contributed by atoms with Crippen LogP contribution in [0.5, 0.6) is 6.01 Å². The van der Waals surface area contributed by atoms with Gasteiger partial charge >= 0.3 is 6.01 Å². The van der Waals surface area contributed by atoms with Crippen LogP contribution in [0.4, 0.5) is 0 Å². The van der Waals surface area contributed by atoms with Crippen LogP contribution in [0, 0.1) is 3.70 Å². The van der Waals surface area contributed by atoms with Gasteiger partial charge in [0.05, 0.1) is 18.2 Å². The maximum atomic E-state index is 9.95. The lowest BCUT2D eigenvalue weighted by atomic mass is 10.1. The molecule has 0 aliphatic carbocycles. The van der Waals surface area contributed by atoms with Gasteiger partial charge in [-0.1, -0.05) is 31.2 Å². The number of ether oxygens (including phenoxy) is 4. The molecule has 4 unspecified atom stereocenters. The molecule has 0 saturated carbocycles. The van der Waals surface area contributed by atoms with Gasteiger partial charge in [0.2, 0.25) is 0 Å². The summed E-state index contributed by atoms with van der Waals surface area (Å²) in [5.41, 5.74) is 1.30. The van der Waals surface area contributed by atoms with Gasteiger partial charge in [-0.3, -0.25) is 4.57 Å². The largest absolute Gasteiger partial charge is 0.456 e. The van der Waals surface area contributed by atoms with E-state index in [1.54, 1.807) is 6.07 Å². The Hall–Kier alpha value is -0.503. The first-order chi connectivity index (χ1) is 13.7. The molecule has 2 aliphatic heterocycles. The lowest BCUT2D eigenvalue weighted by molar-refractivity contribution is 0.00336. The molecule has 0 bridgehead atoms. The summed E-state index contributed by atoms with van der Waals surface area (Å²) >= 11 is 8.33. The second-order valence-electron chi connectivity index (χ2n) is 8.59. The average molecular weight is 554 g/mol. The number of aromatic nitrogens is 3. The fraction of sp³-hybridized carbons (Fsp3) is 0.667. The fourth-order valence-corrected chi connectivity index (χ4v) is 4.69. The van der Waals surface area contributed by atoms with Crippen molar-refractivity contribution in [3.8, 4) is 6.01 Å². The van der Waals surface area contributed by atoms with E-state index in [2.05, 4.69) is 52.2 Å². The van der Waals surface area contributed by atoms with Crippen LogP contribution in [0.3, 0.4) is 0 Å². The van der Waals surface area contributed by atoms with Crippen molar-refractivity contribution in [3.05, 3.63) is 14.8 Å². The highest BCUT2D eigenvalue weighted by Crippen LogP contribution is 2.32. The van der Waals surface area contributed by atoms with E-state index in [0.717, 1.165) is 6.04 Å². The number of hydrogen-bond acceptors (Lipinski definition) is 7. The standard InChI is InChI=1S/C18H25ClIN3O5Si/c1-29(2,3)5-4-25-9-23-17-11(6-10(19)16(20)22-17)21-18(23)28-13-8-27-14-12(24)7-26-15(13)14/h6,12-15,24H,4-5,7-9H2,1-3H3. The van der Waals surface area contributed by atoms with E-state index in [4.69, 9.17) is 30.5 Å². The molecule has 160 valence electrons. The SMILES string of the molecule is C[Si](C)(C)CCOCn1c(OC2COC3C(O)COC23)nc2cc(Cl)c(I)nc21. The van der Waals surface area contributed by atoms with Gasteiger partial charge in [0.1, 0.15) is 34.3 Å². The quantitative estimate of drug-likeness (QED) is 0.244. The summed E-state index contributed by atoms with van der Waals surface area (Å²) in [5.74, 6) is 0. The monoisotopic (exact) mass is 553 g/mol. The molecule has 29 heavy (non-hydrogen) atoms. The molecule has 4 atom stereocenters. The minimum Gasteiger partial charge on any atom is -0.456 e. The van der Waals surface area contributed by atoms with E-state index < -0.39 is 14.2 Å². The molecule has 8 nitrogen and oxygen atoms in total. The van der Waals surface area contributed by atoms with Crippen molar-refractivity contribution in [2.75, 3.05) is 19.8 Å². The Morgan fingerprint density at radius 3 is 2.79 bits per heavy atom. The van der Waals surface area contributed by atoms with Gasteiger partial charge in [-0.15, -0.1) is 0 Å². The van der Waals surface area contributed by atoms with Gasteiger partial charge in [0, 0.05) is 14.7 Å². The molecule has 0 radical (unpaired) electrons. The van der Waals surface area contributed by atoms with Crippen LogP contribution >= 0.6 is 34.2 Å². The molecular formula is C18H25ClIN3O5Si. The molecule has 11 heteroatoms. The first-order valence-corrected chi connectivity index (χ1v) is 14.8. The number of aliphatic hydroxyl groups is 1. The zero-order chi connectivity index (χ0) is 20.8. The summed E-state index contributed by atoms with van der Waals surface area (Å²) in [4.78, 5) is 9.16. The lowest BCUT2D eigenvalue weighted by Crippen LogP contribution is -2.35. The first-order valence-electron chi connectivity index (χ1n) is 9.61. The normalized spacial score (nSPS) is 27.0. The van der Waals surface area contributed by atoms with E-state index in [0.29, 0.717) is 39.1 Å². The number of rotatable bonds is 7. The average Bonchev–Trinajstić information content (AvgIpc) is 3.29. The summed E-state index contributed by atoms with van der Waals surface area (Å²) in [7, 11) is -1.19. The highest BCUT2D eigenvalue weighted by Gasteiger charge is 2.48. The van der Waals surface area contributed by atoms with E-state index in [9.17, 15) is 5.11 Å². The Kier molecular flexibility index (Phi) is 6.41. The van der Waals surface area contributed by atoms with Crippen LogP contribution in [-0.4, -0.2) is 72.0 Å². The van der Waals surface area contributed by atoms with Crippen molar-refractivity contribution in [3.63, 3.8) is 0 Å². The molecule has 4 rings (SSSR count). The van der Waals surface area contributed by atoms with Crippen LogP contribution < -0.4 is 4.74 Å². The maximum Gasteiger partial charge on any atom is 0.301 e. The summed E-state index contributed by atoms with van der Waals surface area (Å²) in [6, 6.07) is 3.23. The van der Waals surface area contributed by atoms with Crippen molar-refractivity contribution in [1.82, 2.24) is 14.5 Å². The van der Waals surface area contributed by atoms with E-state index in [-0.39, 0.29) is 31.6 Å². The Morgan fingerprint density at radius 1 is 1.28 bits per heavy atom. The van der Waals surface area contributed by atoms with Crippen molar-refractivity contribution < 1.29 is 24.1 Å². The number of nitrogens with zero attached hydrogens (tertiary/aromatic N) is 3. The number of hydrogen-bond donors (Lipinski definition) is 1. The molecule has 1 N–H and O–H groups in total. The highest BCUT2D eigenvalue weighted by atomic mass is 127. The van der Waals surface area contributed by atoms with Gasteiger partial charge in [-0.05, 0) is 34.7 Å². The Labute approximate surface area is 189 Å². The predicted molar refractivity (Wildman–Crippen MR) is 119 cm³/mol. The van der Waals surface area contributed by atoms with Gasteiger partial charge in [-0.2, -0.15) is 4.98 Å². The Bertz CT molecular complexity index is 892. The van der Waals surface area contributed by atoms with Gasteiger partial charge < -0.3 is 24.1 Å². The van der Waals surface area contributed by atoms with Crippen molar-refractivity contribution in [1.29, 1.82) is 0 Å². The zero-order valence-corrected chi connectivity index (χ0v) is 20.5. The topological polar surface area (TPSA) is 87.9 Å². The minimum absolute atomic E-state index is 0.251. The third-order valence-electron chi connectivity index (χ3n) is 5.05. The zero-order valence-electron chi connectivity index (χ0n) is 16.6. The first kappa shape index (κ1) is 21.7. The number of imidazole rings is 1. The Morgan fingerprint density at radius 2 is 2.03 bits per heavy atom. The summed E-state index contributed by atoms with van der Waals surface area (Å²) in [5, 5.41) is 10.5. The molecule has 2 fully saturated rings. The summed E-state index contributed by atoms with van der Waals surface area (Å²) in [6.45, 7) is 8.48. The maximum absolute atomic E-state index is 9.95. The van der Waals surface area contributed by atoms with Crippen LogP contribution in [0.25, 0.3) is 11.2 Å². The third kappa shape index (κ3) is 4.73. The summed E-state index contributed by atoms with van der Waals surface area (Å²) in [6.07, 6.45) is -1.66. The molecule has 0 spiro atoms. The number of halogens is 2. The van der Waals surface area contributed by atoms with E-state index in [1.807, 2.05) is 4.57 Å². The van der Waals surface area contributed by atoms with Crippen LogP contribution in [0.1, 0.15) is 0 Å². The second kappa shape index (κ2) is 8.56. The highest BCUT2D eigenvalue weighted by molar-refractivity contribution is 14.1. The molecule has 4 heterocycles. The summed E-state index contributed by atoms with van der Waals surface area (Å²) < 4.78 is 25.9. The van der Waals surface area contributed by atoms with Crippen LogP contribution in [0.2, 0.25) is 30.7 Å². The van der Waals surface area contributed by atoms with Crippen molar-refractivity contribution >= 4 is 53.4 Å². The molecule has 0 amide bonds.